The van der Waals surface area contributed by atoms with E-state index in [1.54, 1.807) is 7.11 Å². The van der Waals surface area contributed by atoms with E-state index in [-0.39, 0.29) is 0 Å². The summed E-state index contributed by atoms with van der Waals surface area (Å²) in [6.07, 6.45) is 0. The van der Waals surface area contributed by atoms with Crippen molar-refractivity contribution in [1.82, 2.24) is 4.57 Å². The van der Waals surface area contributed by atoms with Crippen molar-refractivity contribution in [2.45, 2.75) is 13.5 Å². The van der Waals surface area contributed by atoms with Gasteiger partial charge in [0.15, 0.2) is 0 Å². The Morgan fingerprint density at radius 1 is 0.950 bits per heavy atom. The largest absolute Gasteiger partial charge is 0.382 e. The molecule has 0 aliphatic heterocycles. The van der Waals surface area contributed by atoms with Crippen molar-refractivity contribution in [2.75, 3.05) is 40.1 Å². The Labute approximate surface area is 120 Å². The number of hydrogen-bond acceptors (Lipinski definition) is 3. The molecule has 2 aromatic rings. The van der Waals surface area contributed by atoms with E-state index in [2.05, 4.69) is 41.8 Å². The molecule has 0 atom stereocenters. The molecule has 1 aromatic heterocycles. The fourth-order valence-electron chi connectivity index (χ4n) is 2.27. The summed E-state index contributed by atoms with van der Waals surface area (Å²) in [5.41, 5.74) is 2.54. The number of para-hydroxylation sites is 1. The minimum atomic E-state index is 0.620. The minimum absolute atomic E-state index is 0.620. The van der Waals surface area contributed by atoms with Gasteiger partial charge in [-0.1, -0.05) is 18.2 Å². The van der Waals surface area contributed by atoms with Gasteiger partial charge in [-0.3, -0.25) is 0 Å². The maximum Gasteiger partial charge on any atom is 0.0701 e. The molecule has 110 valence electrons. The first-order valence-electron chi connectivity index (χ1n) is 7.02. The summed E-state index contributed by atoms with van der Waals surface area (Å²) in [4.78, 5) is 0. The summed E-state index contributed by atoms with van der Waals surface area (Å²) in [6, 6.07) is 10.6. The van der Waals surface area contributed by atoms with Crippen LogP contribution in [-0.4, -0.2) is 44.7 Å². The van der Waals surface area contributed by atoms with Crippen LogP contribution in [0.5, 0.6) is 0 Å². The number of ether oxygens (including phenoxy) is 3. The van der Waals surface area contributed by atoms with Crippen LogP contribution in [0.15, 0.2) is 30.3 Å². The van der Waals surface area contributed by atoms with Crippen LogP contribution in [0.2, 0.25) is 0 Å². The Bertz CT molecular complexity index is 521. The van der Waals surface area contributed by atoms with Gasteiger partial charge in [-0.05, 0) is 24.4 Å². The van der Waals surface area contributed by atoms with Gasteiger partial charge in [0.1, 0.15) is 0 Å². The predicted octanol–water partition coefficient (Wildman–Crippen LogP) is 2.63. The summed E-state index contributed by atoms with van der Waals surface area (Å²) in [5, 5.41) is 1.29. The molecule has 1 aromatic carbocycles. The third-order valence-corrected chi connectivity index (χ3v) is 3.28. The lowest BCUT2D eigenvalue weighted by atomic mass is 10.2. The average molecular weight is 277 g/mol. The number of hydrogen-bond donors (Lipinski definition) is 0. The quantitative estimate of drug-likeness (QED) is 0.661. The van der Waals surface area contributed by atoms with E-state index in [1.807, 2.05) is 0 Å². The summed E-state index contributed by atoms with van der Waals surface area (Å²) in [5.74, 6) is 0. The van der Waals surface area contributed by atoms with Gasteiger partial charge in [0.2, 0.25) is 0 Å². The number of aromatic nitrogens is 1. The zero-order valence-corrected chi connectivity index (χ0v) is 12.3. The molecule has 1 heterocycles. The maximum absolute atomic E-state index is 5.60. The zero-order valence-electron chi connectivity index (χ0n) is 12.3. The number of methoxy groups -OCH3 is 1. The third-order valence-electron chi connectivity index (χ3n) is 3.28. The van der Waals surface area contributed by atoms with E-state index in [1.165, 1.54) is 16.6 Å². The number of fused-ring (bicyclic) bond motifs is 1. The molecule has 0 unspecified atom stereocenters. The fourth-order valence-corrected chi connectivity index (χ4v) is 2.27. The topological polar surface area (TPSA) is 32.6 Å². The van der Waals surface area contributed by atoms with Crippen molar-refractivity contribution in [3.63, 3.8) is 0 Å². The molecule has 0 aliphatic rings. The maximum atomic E-state index is 5.60. The number of nitrogens with zero attached hydrogens (tertiary/aromatic N) is 1. The van der Waals surface area contributed by atoms with Gasteiger partial charge in [0.05, 0.1) is 33.0 Å². The average Bonchev–Trinajstić information content (AvgIpc) is 2.78. The van der Waals surface area contributed by atoms with E-state index < -0.39 is 0 Å². The molecule has 0 N–H and O–H groups in total. The normalized spacial score (nSPS) is 11.3. The van der Waals surface area contributed by atoms with Crippen LogP contribution in [0.1, 0.15) is 5.69 Å². The van der Waals surface area contributed by atoms with Crippen molar-refractivity contribution in [1.29, 1.82) is 0 Å². The summed E-state index contributed by atoms with van der Waals surface area (Å²) >= 11 is 0. The molecule has 4 nitrogen and oxygen atoms in total. The molecule has 4 heteroatoms. The lowest BCUT2D eigenvalue weighted by Crippen LogP contribution is -2.12. The van der Waals surface area contributed by atoms with Crippen molar-refractivity contribution in [3.8, 4) is 0 Å². The smallest absolute Gasteiger partial charge is 0.0701 e. The van der Waals surface area contributed by atoms with Crippen LogP contribution in [0.4, 0.5) is 0 Å². The molecule has 20 heavy (non-hydrogen) atoms. The highest BCUT2D eigenvalue weighted by Crippen LogP contribution is 2.18. The standard InChI is InChI=1S/C16H23NO3/c1-14-13-15-5-3-4-6-16(15)17(14)7-8-19-11-12-20-10-9-18-2/h3-6,13H,7-12H2,1-2H3. The van der Waals surface area contributed by atoms with E-state index in [0.29, 0.717) is 33.0 Å². The van der Waals surface area contributed by atoms with Crippen LogP contribution in [0, 0.1) is 6.92 Å². The Balaban J connectivity index is 1.72. The van der Waals surface area contributed by atoms with Gasteiger partial charge in [-0.2, -0.15) is 0 Å². The molecular formula is C16H23NO3. The number of rotatable bonds is 9. The summed E-state index contributed by atoms with van der Waals surface area (Å²) < 4.78 is 18.1. The molecule has 0 saturated heterocycles. The molecule has 2 rings (SSSR count). The second kappa shape index (κ2) is 8.04. The summed E-state index contributed by atoms with van der Waals surface area (Å²) in [7, 11) is 1.67. The second-order valence-corrected chi connectivity index (χ2v) is 4.71. The second-order valence-electron chi connectivity index (χ2n) is 4.71. The van der Waals surface area contributed by atoms with Gasteiger partial charge in [-0.25, -0.2) is 0 Å². The molecule has 0 radical (unpaired) electrons. The van der Waals surface area contributed by atoms with Crippen molar-refractivity contribution >= 4 is 10.9 Å². The molecular weight excluding hydrogens is 254 g/mol. The van der Waals surface area contributed by atoms with Gasteiger partial charge in [0.25, 0.3) is 0 Å². The molecule has 0 amide bonds. The van der Waals surface area contributed by atoms with Gasteiger partial charge < -0.3 is 18.8 Å². The lowest BCUT2D eigenvalue weighted by molar-refractivity contribution is 0.0231. The Morgan fingerprint density at radius 2 is 1.65 bits per heavy atom. The molecule has 0 aliphatic carbocycles. The van der Waals surface area contributed by atoms with Crippen molar-refractivity contribution in [3.05, 3.63) is 36.0 Å². The van der Waals surface area contributed by atoms with Crippen LogP contribution < -0.4 is 0 Å². The lowest BCUT2D eigenvalue weighted by Gasteiger charge is -2.09. The first-order valence-corrected chi connectivity index (χ1v) is 7.02. The Kier molecular flexibility index (Phi) is 6.05. The first kappa shape index (κ1) is 15.0. The molecule has 0 spiro atoms. The number of benzene rings is 1. The third kappa shape index (κ3) is 4.07. The highest BCUT2D eigenvalue weighted by Gasteiger charge is 2.04. The highest BCUT2D eigenvalue weighted by molar-refractivity contribution is 5.81. The van der Waals surface area contributed by atoms with E-state index in [4.69, 9.17) is 14.2 Å². The van der Waals surface area contributed by atoms with Gasteiger partial charge >= 0.3 is 0 Å². The monoisotopic (exact) mass is 277 g/mol. The first-order chi connectivity index (χ1) is 9.83. The van der Waals surface area contributed by atoms with Crippen LogP contribution >= 0.6 is 0 Å². The van der Waals surface area contributed by atoms with Crippen molar-refractivity contribution in [2.24, 2.45) is 0 Å². The van der Waals surface area contributed by atoms with E-state index in [0.717, 1.165) is 6.54 Å². The molecule has 0 bridgehead atoms. The molecule has 0 fully saturated rings. The zero-order chi connectivity index (χ0) is 14.2. The summed E-state index contributed by atoms with van der Waals surface area (Å²) in [6.45, 7) is 6.21. The van der Waals surface area contributed by atoms with Crippen LogP contribution in [0.25, 0.3) is 10.9 Å². The van der Waals surface area contributed by atoms with Gasteiger partial charge in [-0.15, -0.1) is 0 Å². The van der Waals surface area contributed by atoms with E-state index >= 15 is 0 Å². The Morgan fingerprint density at radius 3 is 2.45 bits per heavy atom. The Hall–Kier alpha value is -1.36. The molecule has 0 saturated carbocycles. The SMILES string of the molecule is COCCOCCOCCn1c(C)cc2ccccc21. The predicted molar refractivity (Wildman–Crippen MR) is 80.2 cm³/mol. The van der Waals surface area contributed by atoms with Crippen LogP contribution in [-0.2, 0) is 20.8 Å². The van der Waals surface area contributed by atoms with Gasteiger partial charge in [0, 0.05) is 24.9 Å². The minimum Gasteiger partial charge on any atom is -0.382 e. The van der Waals surface area contributed by atoms with Crippen LogP contribution in [0.3, 0.4) is 0 Å². The van der Waals surface area contributed by atoms with E-state index in [9.17, 15) is 0 Å². The number of aryl methyl sites for hydroxylation is 1. The van der Waals surface area contributed by atoms with Crippen molar-refractivity contribution < 1.29 is 14.2 Å². The fraction of sp³-hybridized carbons (Fsp3) is 0.500. The highest BCUT2D eigenvalue weighted by atomic mass is 16.5.